The Morgan fingerprint density at radius 3 is 2.94 bits per heavy atom. The van der Waals surface area contributed by atoms with Crippen molar-refractivity contribution in [3.63, 3.8) is 0 Å². The first kappa shape index (κ1) is 12.8. The molecule has 4 heteroatoms. The van der Waals surface area contributed by atoms with E-state index in [0.29, 0.717) is 12.1 Å². The molecule has 0 fully saturated rings. The average Bonchev–Trinajstić information content (AvgIpc) is 2.76. The number of amides is 1. The number of nitrogens with two attached hydrogens (primary N) is 1. The second-order valence-electron chi connectivity index (χ2n) is 3.72. The molecule has 0 saturated carbocycles. The van der Waals surface area contributed by atoms with Crippen molar-refractivity contribution in [2.75, 3.05) is 13.1 Å². The minimum atomic E-state index is -0.0432. The Kier molecular flexibility index (Phi) is 5.64. The average molecular weight is 224 g/mol. The number of furan rings is 1. The zero-order valence-corrected chi connectivity index (χ0v) is 9.79. The van der Waals surface area contributed by atoms with E-state index in [1.54, 1.807) is 12.3 Å². The van der Waals surface area contributed by atoms with E-state index in [9.17, 15) is 4.79 Å². The summed E-state index contributed by atoms with van der Waals surface area (Å²) in [4.78, 5) is 11.7. The second kappa shape index (κ2) is 7.06. The number of carbonyl (C=O) groups is 1. The van der Waals surface area contributed by atoms with E-state index in [0.717, 1.165) is 38.0 Å². The molecule has 4 nitrogen and oxygen atoms in total. The smallest absolute Gasteiger partial charge is 0.254 e. The minimum absolute atomic E-state index is 0.0432. The monoisotopic (exact) mass is 224 g/mol. The van der Waals surface area contributed by atoms with E-state index in [2.05, 4.69) is 5.32 Å². The second-order valence-corrected chi connectivity index (χ2v) is 3.72. The van der Waals surface area contributed by atoms with Crippen molar-refractivity contribution in [1.29, 1.82) is 0 Å². The van der Waals surface area contributed by atoms with Crippen molar-refractivity contribution in [3.8, 4) is 0 Å². The van der Waals surface area contributed by atoms with Gasteiger partial charge in [0.1, 0.15) is 5.76 Å². The van der Waals surface area contributed by atoms with Crippen molar-refractivity contribution >= 4 is 5.91 Å². The molecule has 0 unspecified atom stereocenters. The van der Waals surface area contributed by atoms with Crippen molar-refractivity contribution in [2.24, 2.45) is 5.73 Å². The summed E-state index contributed by atoms with van der Waals surface area (Å²) in [6.45, 7) is 3.39. The summed E-state index contributed by atoms with van der Waals surface area (Å²) in [6.07, 6.45) is 5.35. The van der Waals surface area contributed by atoms with Crippen LogP contribution in [-0.4, -0.2) is 19.0 Å². The zero-order valence-electron chi connectivity index (χ0n) is 9.79. The number of rotatable bonds is 7. The largest absolute Gasteiger partial charge is 0.469 e. The lowest BCUT2D eigenvalue weighted by atomic mass is 10.2. The Labute approximate surface area is 96.2 Å². The summed E-state index contributed by atoms with van der Waals surface area (Å²) in [7, 11) is 0. The topological polar surface area (TPSA) is 68.3 Å². The lowest BCUT2D eigenvalue weighted by Gasteiger charge is -2.04. The molecule has 0 aliphatic heterocycles. The first-order chi connectivity index (χ1) is 7.79. The van der Waals surface area contributed by atoms with E-state index in [1.165, 1.54) is 0 Å². The van der Waals surface area contributed by atoms with Crippen LogP contribution in [0.15, 0.2) is 16.7 Å². The first-order valence-corrected chi connectivity index (χ1v) is 5.84. The molecule has 1 amide bonds. The van der Waals surface area contributed by atoms with Gasteiger partial charge in [-0.2, -0.15) is 0 Å². The molecule has 0 saturated heterocycles. The van der Waals surface area contributed by atoms with E-state index in [4.69, 9.17) is 10.2 Å². The molecule has 1 rings (SSSR count). The number of carbonyl (C=O) groups excluding carboxylic acids is 1. The van der Waals surface area contributed by atoms with Crippen LogP contribution in [0, 0.1) is 0 Å². The van der Waals surface area contributed by atoms with Gasteiger partial charge in [0.15, 0.2) is 0 Å². The molecule has 0 radical (unpaired) electrons. The van der Waals surface area contributed by atoms with Crippen LogP contribution in [0.2, 0.25) is 0 Å². The van der Waals surface area contributed by atoms with Crippen molar-refractivity contribution in [3.05, 3.63) is 23.7 Å². The minimum Gasteiger partial charge on any atom is -0.469 e. The summed E-state index contributed by atoms with van der Waals surface area (Å²) in [5, 5.41) is 2.88. The van der Waals surface area contributed by atoms with Crippen LogP contribution in [-0.2, 0) is 6.42 Å². The summed E-state index contributed by atoms with van der Waals surface area (Å²) in [5.41, 5.74) is 6.04. The van der Waals surface area contributed by atoms with Crippen molar-refractivity contribution in [1.82, 2.24) is 5.32 Å². The predicted molar refractivity (Wildman–Crippen MR) is 63.3 cm³/mol. The summed E-state index contributed by atoms with van der Waals surface area (Å²) >= 11 is 0. The van der Waals surface area contributed by atoms with Gasteiger partial charge in [-0.05, 0) is 25.5 Å². The molecule has 0 atom stereocenters. The standard InChI is InChI=1S/C12H20N2O2/c1-2-11-10(6-9-16-11)12(15)14-8-5-3-4-7-13/h6,9H,2-5,7-8,13H2,1H3,(H,14,15). The first-order valence-electron chi connectivity index (χ1n) is 5.84. The fourth-order valence-corrected chi connectivity index (χ4v) is 1.56. The van der Waals surface area contributed by atoms with Gasteiger partial charge >= 0.3 is 0 Å². The van der Waals surface area contributed by atoms with Gasteiger partial charge in [0.05, 0.1) is 11.8 Å². The molecule has 0 aliphatic rings. The fourth-order valence-electron chi connectivity index (χ4n) is 1.56. The van der Waals surface area contributed by atoms with Crippen LogP contribution in [0.25, 0.3) is 0 Å². The highest BCUT2D eigenvalue weighted by atomic mass is 16.3. The number of aryl methyl sites for hydroxylation is 1. The van der Waals surface area contributed by atoms with Gasteiger partial charge in [0.2, 0.25) is 0 Å². The molecule has 3 N–H and O–H groups in total. The van der Waals surface area contributed by atoms with E-state index in [-0.39, 0.29) is 5.91 Å². The highest BCUT2D eigenvalue weighted by Gasteiger charge is 2.11. The SMILES string of the molecule is CCc1occc1C(=O)NCCCCCN. The van der Waals surface area contributed by atoms with Crippen molar-refractivity contribution < 1.29 is 9.21 Å². The van der Waals surface area contributed by atoms with Gasteiger partial charge in [-0.15, -0.1) is 0 Å². The number of hydrogen-bond acceptors (Lipinski definition) is 3. The lowest BCUT2D eigenvalue weighted by Crippen LogP contribution is -2.24. The van der Waals surface area contributed by atoms with Gasteiger partial charge in [-0.25, -0.2) is 0 Å². The van der Waals surface area contributed by atoms with Gasteiger partial charge < -0.3 is 15.5 Å². The molecule has 0 aromatic carbocycles. The normalized spacial score (nSPS) is 10.4. The third-order valence-corrected chi connectivity index (χ3v) is 2.48. The maximum Gasteiger partial charge on any atom is 0.254 e. The third-order valence-electron chi connectivity index (χ3n) is 2.48. The van der Waals surface area contributed by atoms with Gasteiger partial charge in [0.25, 0.3) is 5.91 Å². The molecule has 1 aromatic heterocycles. The molecule has 1 aromatic rings. The van der Waals surface area contributed by atoms with Crippen LogP contribution in [0.4, 0.5) is 0 Å². The molecule has 0 aliphatic carbocycles. The predicted octanol–water partition coefficient (Wildman–Crippen LogP) is 1.70. The Morgan fingerprint density at radius 2 is 2.25 bits per heavy atom. The number of hydrogen-bond donors (Lipinski definition) is 2. The highest BCUT2D eigenvalue weighted by molar-refractivity contribution is 5.95. The Bertz CT molecular complexity index is 321. The maximum absolute atomic E-state index is 11.7. The van der Waals surface area contributed by atoms with Gasteiger partial charge in [-0.3, -0.25) is 4.79 Å². The quantitative estimate of drug-likeness (QED) is 0.693. The van der Waals surface area contributed by atoms with Gasteiger partial charge in [0, 0.05) is 13.0 Å². The number of unbranched alkanes of at least 4 members (excludes halogenated alkanes) is 2. The molecule has 1 heterocycles. The molecular formula is C12H20N2O2. The number of nitrogens with one attached hydrogen (secondary N) is 1. The molecule has 0 bridgehead atoms. The summed E-state index contributed by atoms with van der Waals surface area (Å²) in [5.74, 6) is 0.706. The summed E-state index contributed by atoms with van der Waals surface area (Å²) in [6, 6.07) is 1.72. The van der Waals surface area contributed by atoms with Gasteiger partial charge in [-0.1, -0.05) is 13.3 Å². The molecule has 16 heavy (non-hydrogen) atoms. The van der Waals surface area contributed by atoms with Crippen molar-refractivity contribution in [2.45, 2.75) is 32.6 Å². The Balaban J connectivity index is 2.30. The molecule has 0 spiro atoms. The fraction of sp³-hybridized carbons (Fsp3) is 0.583. The third kappa shape index (κ3) is 3.70. The van der Waals surface area contributed by atoms with Crippen LogP contribution in [0.1, 0.15) is 42.3 Å². The van der Waals surface area contributed by atoms with Crippen LogP contribution in [0.5, 0.6) is 0 Å². The van der Waals surface area contributed by atoms with Crippen LogP contribution >= 0.6 is 0 Å². The lowest BCUT2D eigenvalue weighted by molar-refractivity contribution is 0.0951. The molecule has 90 valence electrons. The Morgan fingerprint density at radius 1 is 1.44 bits per heavy atom. The summed E-state index contributed by atoms with van der Waals surface area (Å²) < 4.78 is 5.20. The van der Waals surface area contributed by atoms with Crippen LogP contribution in [0.3, 0.4) is 0 Å². The zero-order chi connectivity index (χ0) is 11.8. The Hall–Kier alpha value is -1.29. The highest BCUT2D eigenvalue weighted by Crippen LogP contribution is 2.10. The van der Waals surface area contributed by atoms with Crippen LogP contribution < -0.4 is 11.1 Å². The maximum atomic E-state index is 11.7. The van der Waals surface area contributed by atoms with E-state index < -0.39 is 0 Å². The van der Waals surface area contributed by atoms with E-state index >= 15 is 0 Å². The van der Waals surface area contributed by atoms with E-state index in [1.807, 2.05) is 6.92 Å². The molecular weight excluding hydrogens is 204 g/mol.